The quantitative estimate of drug-likeness (QED) is 0.166. The van der Waals surface area contributed by atoms with Crippen LogP contribution in [0.1, 0.15) is 0 Å². The van der Waals surface area contributed by atoms with E-state index in [1.807, 2.05) is 0 Å². The summed E-state index contributed by atoms with van der Waals surface area (Å²) in [5.74, 6) is 0.715. The predicted octanol–water partition coefficient (Wildman–Crippen LogP) is 15.8. The van der Waals surface area contributed by atoms with Gasteiger partial charge in [0.15, 0.2) is 5.82 Å². The minimum Gasteiger partial charge on any atom is -0.309 e. The number of para-hydroxylation sites is 2. The first-order valence-electron chi connectivity index (χ1n) is 21.9. The third kappa shape index (κ3) is 5.17. The first-order chi connectivity index (χ1) is 31.7. The molecule has 0 unspecified atom stereocenters. The van der Waals surface area contributed by atoms with Gasteiger partial charge in [-0.3, -0.25) is 0 Å². The minimum absolute atomic E-state index is 0.715. The smallest absolute Gasteiger partial charge is 0.160 e. The fraction of sp³-hybridized carbons (Fsp3) is 0. The third-order valence-corrected chi connectivity index (χ3v) is 13.4. The molecule has 0 aliphatic heterocycles. The van der Waals surface area contributed by atoms with Crippen molar-refractivity contribution in [1.29, 1.82) is 0 Å². The first-order valence-corrected chi connectivity index (χ1v) is 21.9. The maximum absolute atomic E-state index is 5.33. The largest absolute Gasteiger partial charge is 0.309 e. The van der Waals surface area contributed by atoms with Gasteiger partial charge in [-0.25, -0.2) is 9.97 Å². The van der Waals surface area contributed by atoms with Gasteiger partial charge in [0.25, 0.3) is 0 Å². The Labute approximate surface area is 367 Å². The fourth-order valence-corrected chi connectivity index (χ4v) is 10.5. The minimum atomic E-state index is 0.715. The van der Waals surface area contributed by atoms with E-state index >= 15 is 0 Å². The van der Waals surface area contributed by atoms with Crippen LogP contribution in [0.5, 0.6) is 0 Å². The Bertz CT molecular complexity index is 4250. The summed E-state index contributed by atoms with van der Waals surface area (Å²) in [5, 5.41) is 15.8. The summed E-state index contributed by atoms with van der Waals surface area (Å²) in [4.78, 5) is 10.4. The van der Waals surface area contributed by atoms with Crippen molar-refractivity contribution in [3.8, 4) is 34.0 Å². The molecule has 0 aliphatic carbocycles. The van der Waals surface area contributed by atoms with Crippen molar-refractivity contribution in [3.63, 3.8) is 0 Å². The second kappa shape index (κ2) is 13.4. The van der Waals surface area contributed by atoms with E-state index in [9.17, 15) is 0 Å². The first kappa shape index (κ1) is 35.0. The highest BCUT2D eigenvalue weighted by Crippen LogP contribution is 2.41. The van der Waals surface area contributed by atoms with Crippen molar-refractivity contribution in [2.75, 3.05) is 0 Å². The second-order valence-corrected chi connectivity index (χ2v) is 17.0. The SMILES string of the molecule is c1ccc2cc3c(cc2c1)c1ccc(-n2c4ccccc4c4ccc5ccccc5c42)cc1n3-c1ccc(-c2nc(-c3ccc4c(ccc5ccccc54)c3)nc3ccccc23)cc1. The molecule has 0 amide bonds. The lowest BCUT2D eigenvalue weighted by atomic mass is 9.99. The summed E-state index contributed by atoms with van der Waals surface area (Å²) >= 11 is 0. The van der Waals surface area contributed by atoms with Crippen LogP contribution in [0.4, 0.5) is 0 Å². The van der Waals surface area contributed by atoms with Gasteiger partial charge in [0.1, 0.15) is 0 Å². The average Bonchev–Trinajstić information content (AvgIpc) is 3.87. The van der Waals surface area contributed by atoms with E-state index in [0.29, 0.717) is 5.82 Å². The maximum Gasteiger partial charge on any atom is 0.160 e. The van der Waals surface area contributed by atoms with Gasteiger partial charge in [0.05, 0.1) is 33.3 Å². The van der Waals surface area contributed by atoms with Crippen LogP contribution in [0.15, 0.2) is 218 Å². The molecule has 0 saturated heterocycles. The summed E-state index contributed by atoms with van der Waals surface area (Å²) in [5.41, 5.74) is 10.8. The molecular formula is C60H36N4. The van der Waals surface area contributed by atoms with Gasteiger partial charge < -0.3 is 9.13 Å². The van der Waals surface area contributed by atoms with E-state index in [-0.39, 0.29) is 0 Å². The van der Waals surface area contributed by atoms with Gasteiger partial charge in [0.2, 0.25) is 0 Å². The molecule has 4 heteroatoms. The van der Waals surface area contributed by atoms with E-state index < -0.39 is 0 Å². The number of rotatable bonds is 4. The number of nitrogens with zero attached hydrogens (tertiary/aromatic N) is 4. The monoisotopic (exact) mass is 812 g/mol. The molecule has 4 nitrogen and oxygen atoms in total. The van der Waals surface area contributed by atoms with Gasteiger partial charge >= 0.3 is 0 Å². The van der Waals surface area contributed by atoms with Crippen LogP contribution < -0.4 is 0 Å². The molecule has 0 radical (unpaired) electrons. The van der Waals surface area contributed by atoms with Gasteiger partial charge in [0, 0.05) is 54.8 Å². The van der Waals surface area contributed by atoms with Gasteiger partial charge in [-0.1, -0.05) is 164 Å². The van der Waals surface area contributed by atoms with Gasteiger partial charge in [-0.15, -0.1) is 0 Å². The van der Waals surface area contributed by atoms with Crippen molar-refractivity contribution in [1.82, 2.24) is 19.1 Å². The molecule has 0 saturated carbocycles. The normalized spacial score (nSPS) is 12.1. The van der Waals surface area contributed by atoms with Crippen molar-refractivity contribution in [2.45, 2.75) is 0 Å². The van der Waals surface area contributed by atoms with E-state index in [1.165, 1.54) is 81.2 Å². The van der Waals surface area contributed by atoms with Crippen LogP contribution in [-0.4, -0.2) is 19.1 Å². The highest BCUT2D eigenvalue weighted by molar-refractivity contribution is 6.19. The second-order valence-electron chi connectivity index (χ2n) is 17.0. The third-order valence-electron chi connectivity index (χ3n) is 13.4. The molecule has 14 aromatic rings. The molecule has 0 atom stereocenters. The Morgan fingerprint density at radius 3 is 1.69 bits per heavy atom. The molecule has 3 aromatic heterocycles. The maximum atomic E-state index is 5.33. The van der Waals surface area contributed by atoms with Crippen LogP contribution in [0.3, 0.4) is 0 Å². The van der Waals surface area contributed by atoms with Crippen LogP contribution in [0, 0.1) is 0 Å². The summed E-state index contributed by atoms with van der Waals surface area (Å²) in [6.07, 6.45) is 0. The van der Waals surface area contributed by atoms with E-state index in [4.69, 9.17) is 9.97 Å². The lowest BCUT2D eigenvalue weighted by molar-refractivity contribution is 1.16. The molecule has 0 aliphatic rings. The topological polar surface area (TPSA) is 35.6 Å². The van der Waals surface area contributed by atoms with E-state index in [0.717, 1.165) is 44.6 Å². The fourth-order valence-electron chi connectivity index (χ4n) is 10.5. The highest BCUT2D eigenvalue weighted by Gasteiger charge is 2.20. The molecule has 64 heavy (non-hydrogen) atoms. The standard InChI is InChI=1S/C60H36N4/c1-2-14-41-35-56-53(34-40(41)13-1)50-32-29-45(64-55-20-10-8-17-49(55)51-31-25-38-12-4-6-16-48(38)59(51)64)36-57(50)63(56)44-27-23-39(24-28-44)58-52-18-7-9-19-54(52)61-60(62-58)43-26-30-47-42(33-43)22-21-37-11-3-5-15-46(37)47/h1-36H. The molecular weight excluding hydrogens is 777 g/mol. The van der Waals surface area contributed by atoms with Gasteiger partial charge in [-0.05, 0) is 92.3 Å². The van der Waals surface area contributed by atoms with Crippen molar-refractivity contribution >= 4 is 97.6 Å². The number of fused-ring (bicyclic) bond motifs is 13. The van der Waals surface area contributed by atoms with Crippen LogP contribution in [0.25, 0.3) is 132 Å². The summed E-state index contributed by atoms with van der Waals surface area (Å²) in [6.45, 7) is 0. The van der Waals surface area contributed by atoms with Crippen LogP contribution in [0.2, 0.25) is 0 Å². The van der Waals surface area contributed by atoms with E-state index in [2.05, 4.69) is 228 Å². The van der Waals surface area contributed by atoms with Crippen molar-refractivity contribution in [3.05, 3.63) is 218 Å². The van der Waals surface area contributed by atoms with Crippen molar-refractivity contribution < 1.29 is 0 Å². The molecule has 0 fully saturated rings. The molecule has 296 valence electrons. The zero-order valence-corrected chi connectivity index (χ0v) is 34.6. The van der Waals surface area contributed by atoms with Crippen LogP contribution >= 0.6 is 0 Å². The lowest BCUT2D eigenvalue weighted by Gasteiger charge is -2.13. The highest BCUT2D eigenvalue weighted by atomic mass is 15.0. The average molecular weight is 813 g/mol. The lowest BCUT2D eigenvalue weighted by Crippen LogP contribution is -1.98. The summed E-state index contributed by atoms with van der Waals surface area (Å²) in [7, 11) is 0. The Morgan fingerprint density at radius 2 is 0.844 bits per heavy atom. The molecule has 14 rings (SSSR count). The summed E-state index contributed by atoms with van der Waals surface area (Å²) < 4.78 is 4.91. The summed E-state index contributed by atoms with van der Waals surface area (Å²) in [6, 6.07) is 79.3. The Hall–Kier alpha value is -8.60. The molecule has 0 bridgehead atoms. The number of hydrogen-bond donors (Lipinski definition) is 0. The van der Waals surface area contributed by atoms with Gasteiger partial charge in [-0.2, -0.15) is 0 Å². The Kier molecular flexibility index (Phi) is 7.36. The molecule has 11 aromatic carbocycles. The zero-order chi connectivity index (χ0) is 41.9. The number of hydrogen-bond acceptors (Lipinski definition) is 2. The molecule has 3 heterocycles. The van der Waals surface area contributed by atoms with E-state index in [1.54, 1.807) is 0 Å². The predicted molar refractivity (Wildman–Crippen MR) is 269 cm³/mol. The molecule has 0 N–H and O–H groups in total. The Morgan fingerprint density at radius 1 is 0.281 bits per heavy atom. The van der Waals surface area contributed by atoms with Crippen molar-refractivity contribution in [2.24, 2.45) is 0 Å². The molecule has 0 spiro atoms. The number of benzene rings is 11. The van der Waals surface area contributed by atoms with Crippen LogP contribution in [-0.2, 0) is 0 Å². The zero-order valence-electron chi connectivity index (χ0n) is 34.6. The Balaban J connectivity index is 0.962. The number of aromatic nitrogens is 4.